The lowest BCUT2D eigenvalue weighted by Crippen LogP contribution is -2.13. The first-order valence-electron chi connectivity index (χ1n) is 7.92. The molecule has 3 aromatic rings. The highest BCUT2D eigenvalue weighted by molar-refractivity contribution is 7.17. The molecule has 0 aliphatic rings. The number of rotatable bonds is 3. The maximum Gasteiger partial charge on any atom is 0.355 e. The number of esters is 1. The van der Waals surface area contributed by atoms with Gasteiger partial charge in [0, 0.05) is 0 Å². The van der Waals surface area contributed by atoms with Crippen molar-refractivity contribution in [2.75, 3.05) is 0 Å². The molecule has 2 heterocycles. The minimum Gasteiger partial charge on any atom is -0.422 e. The van der Waals surface area contributed by atoms with Crippen molar-refractivity contribution in [3.05, 3.63) is 46.2 Å². The number of carbonyl (C=O) groups is 1. The van der Waals surface area contributed by atoms with Crippen LogP contribution in [-0.4, -0.2) is 26.1 Å². The topological polar surface area (TPSA) is 80.8 Å². The predicted octanol–water partition coefficient (Wildman–Crippen LogP) is 4.06. The van der Waals surface area contributed by atoms with Crippen molar-refractivity contribution in [3.63, 3.8) is 0 Å². The molecule has 0 saturated carbocycles. The van der Waals surface area contributed by atoms with Crippen LogP contribution in [0.15, 0.2) is 24.5 Å². The molecule has 7 heteroatoms. The number of benzene rings is 1. The highest BCUT2D eigenvalue weighted by Crippen LogP contribution is 2.30. The van der Waals surface area contributed by atoms with Crippen molar-refractivity contribution in [2.45, 2.75) is 40.0 Å². The van der Waals surface area contributed by atoms with E-state index in [1.54, 1.807) is 6.92 Å². The SMILES string of the molecule is Cc1cc(C(C)(C)C)ccc1OC(=O)c1sc(-c2ncn[nH]2)nc1C. The molecule has 6 nitrogen and oxygen atoms in total. The van der Waals surface area contributed by atoms with Gasteiger partial charge in [0.25, 0.3) is 0 Å². The van der Waals surface area contributed by atoms with Gasteiger partial charge in [0.05, 0.1) is 5.69 Å². The van der Waals surface area contributed by atoms with Gasteiger partial charge in [-0.3, -0.25) is 5.10 Å². The third-order valence-corrected chi connectivity index (χ3v) is 4.99. The Morgan fingerprint density at radius 3 is 2.60 bits per heavy atom. The number of nitrogens with zero attached hydrogens (tertiary/aromatic N) is 3. The first kappa shape index (κ1) is 17.3. The van der Waals surface area contributed by atoms with Crippen LogP contribution in [0.2, 0.25) is 0 Å². The zero-order valence-electron chi connectivity index (χ0n) is 14.9. The van der Waals surface area contributed by atoms with Gasteiger partial charge in [-0.25, -0.2) is 14.8 Å². The van der Waals surface area contributed by atoms with Crippen LogP contribution in [0.25, 0.3) is 10.8 Å². The first-order chi connectivity index (χ1) is 11.8. The summed E-state index contributed by atoms with van der Waals surface area (Å²) in [6.45, 7) is 10.2. The Kier molecular flexibility index (Phi) is 4.43. The van der Waals surface area contributed by atoms with Crippen LogP contribution in [0.3, 0.4) is 0 Å². The molecular formula is C18H20N4O2S. The zero-order valence-corrected chi connectivity index (χ0v) is 15.7. The van der Waals surface area contributed by atoms with Gasteiger partial charge in [-0.2, -0.15) is 5.10 Å². The molecule has 0 bridgehead atoms. The van der Waals surface area contributed by atoms with Gasteiger partial charge in [-0.05, 0) is 36.5 Å². The molecule has 0 unspecified atom stereocenters. The summed E-state index contributed by atoms with van der Waals surface area (Å²) in [5, 5.41) is 7.16. The molecule has 130 valence electrons. The third-order valence-electron chi connectivity index (χ3n) is 3.84. The Balaban J connectivity index is 1.83. The van der Waals surface area contributed by atoms with Crippen molar-refractivity contribution >= 4 is 17.3 Å². The maximum atomic E-state index is 12.6. The Hall–Kier alpha value is -2.54. The van der Waals surface area contributed by atoms with E-state index >= 15 is 0 Å². The number of hydrogen-bond acceptors (Lipinski definition) is 6. The van der Waals surface area contributed by atoms with Gasteiger partial charge in [0.2, 0.25) is 0 Å². The second kappa shape index (κ2) is 6.40. The lowest BCUT2D eigenvalue weighted by molar-refractivity contribution is 0.0737. The number of carbonyl (C=O) groups excluding carboxylic acids is 1. The van der Waals surface area contributed by atoms with Crippen LogP contribution in [0.4, 0.5) is 0 Å². The van der Waals surface area contributed by atoms with Gasteiger partial charge in [-0.15, -0.1) is 11.3 Å². The lowest BCUT2D eigenvalue weighted by atomic mass is 9.86. The number of aromatic nitrogens is 4. The highest BCUT2D eigenvalue weighted by Gasteiger charge is 2.21. The minimum atomic E-state index is -0.410. The first-order valence-corrected chi connectivity index (χ1v) is 8.74. The maximum absolute atomic E-state index is 12.6. The van der Waals surface area contributed by atoms with E-state index < -0.39 is 5.97 Å². The smallest absolute Gasteiger partial charge is 0.355 e. The van der Waals surface area contributed by atoms with Crippen molar-refractivity contribution in [2.24, 2.45) is 0 Å². The molecule has 1 N–H and O–H groups in total. The number of ether oxygens (including phenoxy) is 1. The molecule has 0 aliphatic carbocycles. The van der Waals surface area contributed by atoms with Crippen LogP contribution in [-0.2, 0) is 5.41 Å². The van der Waals surface area contributed by atoms with Crippen molar-refractivity contribution in [3.8, 4) is 16.6 Å². The van der Waals surface area contributed by atoms with Crippen LogP contribution < -0.4 is 4.74 Å². The number of aromatic amines is 1. The summed E-state index contributed by atoms with van der Waals surface area (Å²) in [6, 6.07) is 5.90. The summed E-state index contributed by atoms with van der Waals surface area (Å²) in [7, 11) is 0. The standard InChI is InChI=1S/C18H20N4O2S/c1-10-8-12(18(3,4)5)6-7-13(10)24-17(23)14-11(2)21-16(25-14)15-19-9-20-22-15/h6-9H,1-5H3,(H,19,20,22). The number of hydrogen-bond donors (Lipinski definition) is 1. The number of aryl methyl sites for hydroxylation is 2. The molecular weight excluding hydrogens is 336 g/mol. The van der Waals surface area contributed by atoms with Crippen LogP contribution in [0.5, 0.6) is 5.75 Å². The summed E-state index contributed by atoms with van der Waals surface area (Å²) in [5.41, 5.74) is 2.79. The molecule has 25 heavy (non-hydrogen) atoms. The van der Waals surface area contributed by atoms with Crippen LogP contribution >= 0.6 is 11.3 Å². The average molecular weight is 356 g/mol. The summed E-state index contributed by atoms with van der Waals surface area (Å²) in [5.74, 6) is 0.692. The van der Waals surface area contributed by atoms with Gasteiger partial charge < -0.3 is 4.74 Å². The number of nitrogens with one attached hydrogen (secondary N) is 1. The second-order valence-corrected chi connectivity index (χ2v) is 7.89. The minimum absolute atomic E-state index is 0.0491. The number of H-pyrrole nitrogens is 1. The molecule has 2 aromatic heterocycles. The molecule has 0 saturated heterocycles. The van der Waals surface area contributed by atoms with Crippen LogP contribution in [0.1, 0.15) is 47.3 Å². The van der Waals surface area contributed by atoms with E-state index in [0.717, 1.165) is 5.56 Å². The van der Waals surface area contributed by atoms with E-state index in [-0.39, 0.29) is 5.41 Å². The fraction of sp³-hybridized carbons (Fsp3) is 0.333. The summed E-state index contributed by atoms with van der Waals surface area (Å²) in [4.78, 5) is 21.4. The van der Waals surface area contributed by atoms with E-state index in [2.05, 4.69) is 47.0 Å². The molecule has 1 aromatic carbocycles. The van der Waals surface area contributed by atoms with E-state index in [1.165, 1.54) is 23.2 Å². The van der Waals surface area contributed by atoms with Crippen molar-refractivity contribution < 1.29 is 9.53 Å². The fourth-order valence-corrected chi connectivity index (χ4v) is 3.26. The van der Waals surface area contributed by atoms with Crippen molar-refractivity contribution in [1.82, 2.24) is 20.2 Å². The second-order valence-electron chi connectivity index (χ2n) is 6.89. The van der Waals surface area contributed by atoms with E-state index in [4.69, 9.17) is 4.74 Å². The summed E-state index contributed by atoms with van der Waals surface area (Å²) in [6.07, 6.45) is 1.41. The Morgan fingerprint density at radius 2 is 2.00 bits per heavy atom. The molecule has 0 spiro atoms. The summed E-state index contributed by atoms with van der Waals surface area (Å²) >= 11 is 1.24. The van der Waals surface area contributed by atoms with Crippen LogP contribution in [0, 0.1) is 13.8 Å². The fourth-order valence-electron chi connectivity index (χ4n) is 2.37. The third kappa shape index (κ3) is 3.61. The van der Waals surface area contributed by atoms with E-state index in [1.807, 2.05) is 19.1 Å². The molecule has 0 radical (unpaired) electrons. The largest absolute Gasteiger partial charge is 0.422 e. The molecule has 0 aliphatic heterocycles. The number of thiazole rings is 1. The Morgan fingerprint density at radius 1 is 1.24 bits per heavy atom. The average Bonchev–Trinajstić information content (AvgIpc) is 3.17. The van der Waals surface area contributed by atoms with E-state index in [0.29, 0.717) is 27.2 Å². The Labute approximate surface area is 150 Å². The normalized spacial score (nSPS) is 11.6. The zero-order chi connectivity index (χ0) is 18.2. The van der Waals surface area contributed by atoms with Crippen molar-refractivity contribution in [1.29, 1.82) is 0 Å². The van der Waals surface area contributed by atoms with Gasteiger partial charge in [0.1, 0.15) is 17.0 Å². The van der Waals surface area contributed by atoms with Gasteiger partial charge in [0.15, 0.2) is 10.8 Å². The van der Waals surface area contributed by atoms with Gasteiger partial charge >= 0.3 is 5.97 Å². The quantitative estimate of drug-likeness (QED) is 0.565. The molecule has 3 rings (SSSR count). The molecule has 0 amide bonds. The predicted molar refractivity (Wildman–Crippen MR) is 97.1 cm³/mol. The molecule has 0 atom stereocenters. The Bertz CT molecular complexity index is 908. The monoisotopic (exact) mass is 356 g/mol. The summed E-state index contributed by atoms with van der Waals surface area (Å²) < 4.78 is 5.60. The molecule has 0 fully saturated rings. The lowest BCUT2D eigenvalue weighted by Gasteiger charge is -2.20. The van der Waals surface area contributed by atoms with Gasteiger partial charge in [-0.1, -0.05) is 32.9 Å². The van der Waals surface area contributed by atoms with E-state index in [9.17, 15) is 4.79 Å². The highest BCUT2D eigenvalue weighted by atomic mass is 32.1.